The van der Waals surface area contributed by atoms with E-state index in [1.54, 1.807) is 18.4 Å². The van der Waals surface area contributed by atoms with Crippen LogP contribution in [0.25, 0.3) is 0 Å². The van der Waals surface area contributed by atoms with Crippen molar-refractivity contribution in [3.8, 4) is 5.75 Å². The van der Waals surface area contributed by atoms with Gasteiger partial charge in [-0.25, -0.2) is 0 Å². The molecule has 1 amide bonds. The third-order valence-corrected chi connectivity index (χ3v) is 4.99. The highest BCUT2D eigenvalue weighted by Gasteiger charge is 2.18. The molecule has 1 aromatic heterocycles. The van der Waals surface area contributed by atoms with Crippen molar-refractivity contribution >= 4 is 17.2 Å². The number of thiophene rings is 1. The molecule has 0 aliphatic heterocycles. The van der Waals surface area contributed by atoms with Crippen molar-refractivity contribution in [2.75, 3.05) is 7.11 Å². The van der Waals surface area contributed by atoms with Crippen molar-refractivity contribution in [1.29, 1.82) is 0 Å². The van der Waals surface area contributed by atoms with Crippen LogP contribution < -0.4 is 10.1 Å². The Labute approximate surface area is 152 Å². The quantitative estimate of drug-likeness (QED) is 0.709. The third kappa shape index (κ3) is 4.28. The monoisotopic (exact) mass is 351 g/mol. The van der Waals surface area contributed by atoms with Gasteiger partial charge in [-0.05, 0) is 30.0 Å². The second-order valence-electron chi connectivity index (χ2n) is 5.92. The van der Waals surface area contributed by atoms with Crippen LogP contribution in [0.1, 0.15) is 27.6 Å². The Morgan fingerprint density at radius 1 is 1.12 bits per heavy atom. The van der Waals surface area contributed by atoms with E-state index >= 15 is 0 Å². The van der Waals surface area contributed by atoms with Crippen LogP contribution in [0.2, 0.25) is 0 Å². The highest BCUT2D eigenvalue weighted by Crippen LogP contribution is 2.26. The van der Waals surface area contributed by atoms with Gasteiger partial charge in [-0.1, -0.05) is 54.1 Å². The number of hydrogen-bond donors (Lipinski definition) is 1. The molecule has 1 unspecified atom stereocenters. The normalized spacial score (nSPS) is 11.8. The van der Waals surface area contributed by atoms with E-state index in [1.165, 1.54) is 0 Å². The molecule has 0 fully saturated rings. The first-order valence-electron chi connectivity index (χ1n) is 8.18. The zero-order valence-electron chi connectivity index (χ0n) is 14.4. The standard InChI is InChI=1S/C21H21NO2S/c1-15-10-11-18(24-2)17(13-15)14-20(23)22-21(19-9-6-12-25-19)16-7-4-3-5-8-16/h3-13,21H,14H2,1-2H3,(H,22,23). The molecule has 3 nitrogen and oxygen atoms in total. The van der Waals surface area contributed by atoms with Crippen LogP contribution in [0.3, 0.4) is 0 Å². The van der Waals surface area contributed by atoms with Gasteiger partial charge in [-0.15, -0.1) is 11.3 Å². The van der Waals surface area contributed by atoms with Crippen molar-refractivity contribution in [2.24, 2.45) is 0 Å². The first-order chi connectivity index (χ1) is 12.2. The average molecular weight is 351 g/mol. The number of ether oxygens (including phenoxy) is 1. The Morgan fingerprint density at radius 3 is 2.60 bits per heavy atom. The second-order valence-corrected chi connectivity index (χ2v) is 6.90. The summed E-state index contributed by atoms with van der Waals surface area (Å²) in [5, 5.41) is 5.20. The number of aryl methyl sites for hydroxylation is 1. The number of amides is 1. The molecule has 0 bridgehead atoms. The number of nitrogens with one attached hydrogen (secondary N) is 1. The van der Waals surface area contributed by atoms with E-state index in [0.29, 0.717) is 6.42 Å². The molecule has 0 aliphatic carbocycles. The van der Waals surface area contributed by atoms with E-state index in [4.69, 9.17) is 4.74 Å². The Morgan fingerprint density at radius 2 is 1.92 bits per heavy atom. The summed E-state index contributed by atoms with van der Waals surface area (Å²) in [6.07, 6.45) is 0.291. The van der Waals surface area contributed by atoms with Crippen LogP contribution in [-0.4, -0.2) is 13.0 Å². The Hall–Kier alpha value is -2.59. The zero-order chi connectivity index (χ0) is 17.6. The van der Waals surface area contributed by atoms with E-state index in [2.05, 4.69) is 11.4 Å². The minimum atomic E-state index is -0.135. The molecule has 2 aromatic carbocycles. The first-order valence-corrected chi connectivity index (χ1v) is 9.06. The number of benzene rings is 2. The lowest BCUT2D eigenvalue weighted by Crippen LogP contribution is -2.30. The molecule has 0 radical (unpaired) electrons. The van der Waals surface area contributed by atoms with E-state index in [0.717, 1.165) is 27.3 Å². The molecule has 128 valence electrons. The summed E-state index contributed by atoms with van der Waals surface area (Å²) in [7, 11) is 1.63. The second kappa shape index (κ2) is 7.99. The number of hydrogen-bond acceptors (Lipinski definition) is 3. The topological polar surface area (TPSA) is 38.3 Å². The van der Waals surface area contributed by atoms with Gasteiger partial charge in [-0.2, -0.15) is 0 Å². The third-order valence-electron chi connectivity index (χ3n) is 4.05. The number of carbonyl (C=O) groups is 1. The van der Waals surface area contributed by atoms with Crippen LogP contribution in [-0.2, 0) is 11.2 Å². The summed E-state index contributed by atoms with van der Waals surface area (Å²) in [6.45, 7) is 2.01. The van der Waals surface area contributed by atoms with Gasteiger partial charge in [0.1, 0.15) is 5.75 Å². The molecule has 1 atom stereocenters. The molecule has 0 aliphatic rings. The van der Waals surface area contributed by atoms with Gasteiger partial charge < -0.3 is 10.1 Å². The minimum Gasteiger partial charge on any atom is -0.496 e. The summed E-state index contributed by atoms with van der Waals surface area (Å²) in [6, 6.07) is 19.9. The fourth-order valence-electron chi connectivity index (χ4n) is 2.85. The number of carbonyl (C=O) groups excluding carboxylic acids is 1. The smallest absolute Gasteiger partial charge is 0.225 e. The Balaban J connectivity index is 1.81. The molecule has 0 saturated heterocycles. The lowest BCUT2D eigenvalue weighted by molar-refractivity contribution is -0.120. The van der Waals surface area contributed by atoms with Crippen LogP contribution in [0.4, 0.5) is 0 Å². The predicted octanol–water partition coefficient (Wildman–Crippen LogP) is 4.51. The molecule has 25 heavy (non-hydrogen) atoms. The van der Waals surface area contributed by atoms with Crippen molar-refractivity contribution in [3.63, 3.8) is 0 Å². The van der Waals surface area contributed by atoms with Gasteiger partial charge in [0.2, 0.25) is 5.91 Å². The zero-order valence-corrected chi connectivity index (χ0v) is 15.2. The maximum atomic E-state index is 12.7. The van der Waals surface area contributed by atoms with Crippen LogP contribution in [0.5, 0.6) is 5.75 Å². The lowest BCUT2D eigenvalue weighted by atomic mass is 10.0. The first kappa shape index (κ1) is 17.2. The fourth-order valence-corrected chi connectivity index (χ4v) is 3.65. The number of methoxy groups -OCH3 is 1. The van der Waals surface area contributed by atoms with Gasteiger partial charge in [0, 0.05) is 10.4 Å². The van der Waals surface area contributed by atoms with Crippen LogP contribution >= 0.6 is 11.3 Å². The molecule has 3 rings (SSSR count). The molecule has 1 N–H and O–H groups in total. The molecular weight excluding hydrogens is 330 g/mol. The number of rotatable bonds is 6. The van der Waals surface area contributed by atoms with Crippen molar-refractivity contribution in [1.82, 2.24) is 5.32 Å². The fraction of sp³-hybridized carbons (Fsp3) is 0.190. The predicted molar refractivity (Wildman–Crippen MR) is 102 cm³/mol. The van der Waals surface area contributed by atoms with E-state index < -0.39 is 0 Å². The van der Waals surface area contributed by atoms with Gasteiger partial charge in [0.25, 0.3) is 0 Å². The lowest BCUT2D eigenvalue weighted by Gasteiger charge is -2.19. The highest BCUT2D eigenvalue weighted by atomic mass is 32.1. The van der Waals surface area contributed by atoms with Crippen molar-refractivity contribution < 1.29 is 9.53 Å². The van der Waals surface area contributed by atoms with Crippen LogP contribution in [0.15, 0.2) is 66.0 Å². The molecular formula is C21H21NO2S. The minimum absolute atomic E-state index is 0.0221. The summed E-state index contributed by atoms with van der Waals surface area (Å²) in [5.74, 6) is 0.722. The highest BCUT2D eigenvalue weighted by molar-refractivity contribution is 7.10. The van der Waals surface area contributed by atoms with Gasteiger partial charge in [0.15, 0.2) is 0 Å². The van der Waals surface area contributed by atoms with E-state index in [9.17, 15) is 4.79 Å². The summed E-state index contributed by atoms with van der Waals surface area (Å²) in [5.41, 5.74) is 3.09. The molecule has 3 aromatic rings. The van der Waals surface area contributed by atoms with Gasteiger partial charge in [0.05, 0.1) is 19.6 Å². The molecule has 1 heterocycles. The molecule has 4 heteroatoms. The Bertz CT molecular complexity index is 828. The van der Waals surface area contributed by atoms with Crippen molar-refractivity contribution in [3.05, 3.63) is 87.6 Å². The maximum absolute atomic E-state index is 12.7. The Kier molecular flexibility index (Phi) is 5.51. The summed E-state index contributed by atoms with van der Waals surface area (Å²) < 4.78 is 5.39. The van der Waals surface area contributed by atoms with Gasteiger partial charge >= 0.3 is 0 Å². The largest absolute Gasteiger partial charge is 0.496 e. The van der Waals surface area contributed by atoms with E-state index in [-0.39, 0.29) is 11.9 Å². The summed E-state index contributed by atoms with van der Waals surface area (Å²) >= 11 is 1.64. The molecule has 0 saturated carbocycles. The summed E-state index contributed by atoms with van der Waals surface area (Å²) in [4.78, 5) is 13.8. The van der Waals surface area contributed by atoms with E-state index in [1.807, 2.05) is 66.9 Å². The van der Waals surface area contributed by atoms with Gasteiger partial charge in [-0.3, -0.25) is 4.79 Å². The molecule has 0 spiro atoms. The maximum Gasteiger partial charge on any atom is 0.225 e. The average Bonchev–Trinajstić information content (AvgIpc) is 3.15. The SMILES string of the molecule is COc1ccc(C)cc1CC(=O)NC(c1ccccc1)c1cccs1. The van der Waals surface area contributed by atoms with Crippen molar-refractivity contribution in [2.45, 2.75) is 19.4 Å². The van der Waals surface area contributed by atoms with Crippen LogP contribution in [0, 0.1) is 6.92 Å².